The molecular formula is C24H24BrN5O2. The predicted molar refractivity (Wildman–Crippen MR) is 129 cm³/mol. The summed E-state index contributed by atoms with van der Waals surface area (Å²) in [4.78, 5) is 33.6. The molecule has 5 rings (SSSR count). The number of halogens is 1. The van der Waals surface area contributed by atoms with Crippen LogP contribution in [-0.4, -0.2) is 25.2 Å². The number of hydrogen-bond donors (Lipinski definition) is 0. The summed E-state index contributed by atoms with van der Waals surface area (Å²) in [7, 11) is 1.69. The molecule has 0 amide bonds. The van der Waals surface area contributed by atoms with E-state index in [1.54, 1.807) is 7.05 Å². The van der Waals surface area contributed by atoms with Crippen LogP contribution in [0.5, 0.6) is 0 Å². The number of benzene rings is 2. The van der Waals surface area contributed by atoms with Gasteiger partial charge in [0.25, 0.3) is 5.56 Å². The second-order valence-electron chi connectivity index (χ2n) is 8.53. The summed E-state index contributed by atoms with van der Waals surface area (Å²) in [6.45, 7) is 4.64. The minimum absolute atomic E-state index is 0.221. The van der Waals surface area contributed by atoms with Gasteiger partial charge in [-0.25, -0.2) is 4.79 Å². The first kappa shape index (κ1) is 20.8. The van der Waals surface area contributed by atoms with E-state index in [1.807, 2.05) is 47.0 Å². The van der Waals surface area contributed by atoms with Gasteiger partial charge >= 0.3 is 5.69 Å². The van der Waals surface area contributed by atoms with E-state index in [1.165, 1.54) is 14.7 Å². The lowest BCUT2D eigenvalue weighted by Crippen LogP contribution is -2.41. The van der Waals surface area contributed by atoms with Gasteiger partial charge in [-0.1, -0.05) is 65.3 Å². The van der Waals surface area contributed by atoms with Gasteiger partial charge in [0.2, 0.25) is 5.95 Å². The van der Waals surface area contributed by atoms with Gasteiger partial charge < -0.3 is 9.47 Å². The van der Waals surface area contributed by atoms with Crippen molar-refractivity contribution < 1.29 is 0 Å². The number of aryl methyl sites for hydroxylation is 1. The summed E-state index contributed by atoms with van der Waals surface area (Å²) in [6.07, 6.45) is 0. The van der Waals surface area contributed by atoms with Gasteiger partial charge in [-0.2, -0.15) is 4.98 Å². The predicted octanol–water partition coefficient (Wildman–Crippen LogP) is 3.36. The van der Waals surface area contributed by atoms with Crippen molar-refractivity contribution in [1.29, 1.82) is 0 Å². The molecule has 0 fully saturated rings. The minimum Gasteiger partial charge on any atom is -0.338 e. The average molecular weight is 494 g/mol. The summed E-state index contributed by atoms with van der Waals surface area (Å²) < 4.78 is 5.74. The molecule has 0 saturated carbocycles. The molecular weight excluding hydrogens is 470 g/mol. The molecule has 2 aromatic heterocycles. The summed E-state index contributed by atoms with van der Waals surface area (Å²) in [5.74, 6) is 1.09. The van der Waals surface area contributed by atoms with Crippen molar-refractivity contribution in [2.75, 3.05) is 11.4 Å². The molecule has 3 heterocycles. The maximum atomic E-state index is 13.5. The van der Waals surface area contributed by atoms with E-state index >= 15 is 0 Å². The molecule has 0 radical (unpaired) electrons. The lowest BCUT2D eigenvalue weighted by atomic mass is 10.1. The molecule has 0 aliphatic carbocycles. The van der Waals surface area contributed by atoms with Crippen molar-refractivity contribution in [3.05, 3.63) is 91.0 Å². The first-order valence-corrected chi connectivity index (χ1v) is 11.4. The van der Waals surface area contributed by atoms with E-state index in [9.17, 15) is 9.59 Å². The molecule has 164 valence electrons. The Labute approximate surface area is 193 Å². The Morgan fingerprint density at radius 2 is 1.66 bits per heavy atom. The Bertz CT molecular complexity index is 1400. The van der Waals surface area contributed by atoms with Crippen molar-refractivity contribution in [1.82, 2.24) is 18.7 Å². The SMILES string of the molecule is C[C@@H]1CN(Cc2ccccc2)c2nc3c(c(=O)n(Cc4ccc(Br)cc4)c(=O)n3C)n2C1. The smallest absolute Gasteiger partial charge is 0.332 e. The standard InChI is InChI=1S/C24H24BrN5O2/c1-16-12-28(14-17-6-4-3-5-7-17)23-26-21-20(29(23)13-16)22(31)30(24(32)27(21)2)15-18-8-10-19(25)11-9-18/h3-11,16H,12-15H2,1-2H3/t16-/m1/s1. The van der Waals surface area contributed by atoms with Crippen LogP contribution in [0.3, 0.4) is 0 Å². The number of imidazole rings is 1. The fraction of sp³-hybridized carbons (Fsp3) is 0.292. The Morgan fingerprint density at radius 1 is 0.969 bits per heavy atom. The van der Waals surface area contributed by atoms with Gasteiger partial charge in [-0.3, -0.25) is 13.9 Å². The van der Waals surface area contributed by atoms with Crippen LogP contribution in [0, 0.1) is 5.92 Å². The van der Waals surface area contributed by atoms with Crippen LogP contribution in [0.2, 0.25) is 0 Å². The third-order valence-corrected chi connectivity index (χ3v) is 6.52. The monoisotopic (exact) mass is 493 g/mol. The van der Waals surface area contributed by atoms with E-state index in [4.69, 9.17) is 4.98 Å². The highest BCUT2D eigenvalue weighted by Gasteiger charge is 2.29. The van der Waals surface area contributed by atoms with Crippen LogP contribution < -0.4 is 16.1 Å². The Hall–Kier alpha value is -3.13. The zero-order chi connectivity index (χ0) is 22.4. The van der Waals surface area contributed by atoms with Crippen molar-refractivity contribution in [3.8, 4) is 0 Å². The second kappa shape index (κ2) is 8.09. The van der Waals surface area contributed by atoms with Gasteiger partial charge in [0, 0.05) is 31.2 Å². The highest BCUT2D eigenvalue weighted by atomic mass is 79.9. The third-order valence-electron chi connectivity index (χ3n) is 5.99. The van der Waals surface area contributed by atoms with E-state index < -0.39 is 0 Å². The first-order valence-electron chi connectivity index (χ1n) is 10.7. The number of hydrogen-bond acceptors (Lipinski definition) is 4. The van der Waals surface area contributed by atoms with E-state index in [-0.39, 0.29) is 17.8 Å². The lowest BCUT2D eigenvalue weighted by Gasteiger charge is -2.33. The van der Waals surface area contributed by atoms with Crippen LogP contribution >= 0.6 is 15.9 Å². The molecule has 0 spiro atoms. The fourth-order valence-corrected chi connectivity index (χ4v) is 4.72. The summed E-state index contributed by atoms with van der Waals surface area (Å²) >= 11 is 3.42. The van der Waals surface area contributed by atoms with Gasteiger partial charge in [0.1, 0.15) is 0 Å². The molecule has 0 unspecified atom stereocenters. The molecule has 0 bridgehead atoms. The van der Waals surface area contributed by atoms with Crippen molar-refractivity contribution in [2.24, 2.45) is 13.0 Å². The van der Waals surface area contributed by atoms with Crippen LogP contribution in [0.15, 0.2) is 68.7 Å². The minimum atomic E-state index is -0.358. The number of fused-ring (bicyclic) bond motifs is 3. The molecule has 0 N–H and O–H groups in total. The third kappa shape index (κ3) is 3.58. The normalized spacial score (nSPS) is 15.8. The van der Waals surface area contributed by atoms with Crippen molar-refractivity contribution >= 4 is 33.0 Å². The van der Waals surface area contributed by atoms with Gasteiger partial charge in [0.15, 0.2) is 11.2 Å². The summed E-state index contributed by atoms with van der Waals surface area (Å²) in [5, 5.41) is 0. The molecule has 2 aromatic carbocycles. The molecule has 4 aromatic rings. The maximum absolute atomic E-state index is 13.5. The highest BCUT2D eigenvalue weighted by Crippen LogP contribution is 2.28. The topological polar surface area (TPSA) is 65.1 Å². The molecule has 1 aliphatic rings. The fourth-order valence-electron chi connectivity index (χ4n) is 4.45. The number of aromatic nitrogens is 4. The van der Waals surface area contributed by atoms with E-state index in [0.717, 1.165) is 22.5 Å². The van der Waals surface area contributed by atoms with E-state index in [0.29, 0.717) is 30.2 Å². The average Bonchev–Trinajstić information content (AvgIpc) is 3.17. The van der Waals surface area contributed by atoms with Gasteiger partial charge in [-0.05, 0) is 29.2 Å². The van der Waals surface area contributed by atoms with Crippen LogP contribution in [0.1, 0.15) is 18.1 Å². The van der Waals surface area contributed by atoms with Gasteiger partial charge in [-0.15, -0.1) is 0 Å². The van der Waals surface area contributed by atoms with E-state index in [2.05, 4.69) is 39.9 Å². The zero-order valence-corrected chi connectivity index (χ0v) is 19.6. The summed E-state index contributed by atoms with van der Waals surface area (Å²) in [6, 6.07) is 17.9. The number of nitrogens with zero attached hydrogens (tertiary/aromatic N) is 5. The largest absolute Gasteiger partial charge is 0.338 e. The van der Waals surface area contributed by atoms with Crippen molar-refractivity contribution in [2.45, 2.75) is 26.6 Å². The number of rotatable bonds is 4. The molecule has 32 heavy (non-hydrogen) atoms. The molecule has 1 atom stereocenters. The quantitative estimate of drug-likeness (QED) is 0.437. The first-order chi connectivity index (χ1) is 15.4. The molecule has 8 heteroatoms. The highest BCUT2D eigenvalue weighted by molar-refractivity contribution is 9.10. The Kier molecular flexibility index (Phi) is 5.25. The molecule has 0 saturated heterocycles. The second-order valence-corrected chi connectivity index (χ2v) is 9.44. The molecule has 1 aliphatic heterocycles. The van der Waals surface area contributed by atoms with Crippen LogP contribution in [0.25, 0.3) is 11.2 Å². The van der Waals surface area contributed by atoms with Crippen LogP contribution in [0.4, 0.5) is 5.95 Å². The van der Waals surface area contributed by atoms with Crippen LogP contribution in [-0.2, 0) is 26.7 Å². The lowest BCUT2D eigenvalue weighted by molar-refractivity contribution is 0.435. The molecule has 7 nitrogen and oxygen atoms in total. The van der Waals surface area contributed by atoms with Crippen molar-refractivity contribution in [3.63, 3.8) is 0 Å². The van der Waals surface area contributed by atoms with Gasteiger partial charge in [0.05, 0.1) is 6.54 Å². The maximum Gasteiger partial charge on any atom is 0.332 e. The summed E-state index contributed by atoms with van der Waals surface area (Å²) in [5.41, 5.74) is 2.35. The Morgan fingerprint density at radius 3 is 2.38 bits per heavy atom. The zero-order valence-electron chi connectivity index (χ0n) is 18.0. The Balaban J connectivity index is 1.65. The number of anilines is 1.